The molecule has 0 N–H and O–H groups in total. The molecule has 7 heteroatoms. The van der Waals surface area contributed by atoms with E-state index in [0.717, 1.165) is 0 Å². The van der Waals surface area contributed by atoms with E-state index in [1.165, 1.54) is 11.2 Å². The summed E-state index contributed by atoms with van der Waals surface area (Å²) in [6.07, 6.45) is 2.89. The second-order valence-electron chi connectivity index (χ2n) is 3.85. The van der Waals surface area contributed by atoms with E-state index >= 15 is 0 Å². The summed E-state index contributed by atoms with van der Waals surface area (Å²) in [6, 6.07) is 3.35. The van der Waals surface area contributed by atoms with Gasteiger partial charge in [0, 0.05) is 19.3 Å². The molecule has 2 rings (SSSR count). The maximum Gasteiger partial charge on any atom is 0.394 e. The van der Waals surface area contributed by atoms with Crippen LogP contribution in [0.25, 0.3) is 0 Å². The number of methoxy groups -OCH3 is 1. The highest BCUT2D eigenvalue weighted by Gasteiger charge is 2.19. The highest BCUT2D eigenvalue weighted by molar-refractivity contribution is 6.03. The van der Waals surface area contributed by atoms with Crippen LogP contribution in [0, 0.1) is 0 Å². The minimum Gasteiger partial charge on any atom is -0.497 e. The molecule has 0 spiro atoms. The van der Waals surface area contributed by atoms with Gasteiger partial charge in [0.25, 0.3) is 5.91 Å². The Morgan fingerprint density at radius 2 is 2.30 bits per heavy atom. The van der Waals surface area contributed by atoms with Gasteiger partial charge >= 0.3 is 6.08 Å². The maximum absolute atomic E-state index is 12.2. The van der Waals surface area contributed by atoms with Crippen LogP contribution in [-0.4, -0.2) is 36.6 Å². The molecule has 0 aliphatic rings. The molecule has 106 valence electrons. The minimum atomic E-state index is -0.347. The van der Waals surface area contributed by atoms with E-state index in [4.69, 9.17) is 13.9 Å². The monoisotopic (exact) mass is 277 g/mol. The molecule has 0 unspecified atom stereocenters. The van der Waals surface area contributed by atoms with Gasteiger partial charge in [0.15, 0.2) is 5.69 Å². The van der Waals surface area contributed by atoms with Crippen molar-refractivity contribution >= 4 is 11.7 Å². The van der Waals surface area contributed by atoms with Crippen molar-refractivity contribution in [1.29, 1.82) is 0 Å². The lowest BCUT2D eigenvalue weighted by Crippen LogP contribution is -2.27. The number of pyridine rings is 1. The lowest BCUT2D eigenvalue weighted by molar-refractivity contribution is 0.0987. The van der Waals surface area contributed by atoms with Crippen LogP contribution in [0.3, 0.4) is 0 Å². The van der Waals surface area contributed by atoms with Gasteiger partial charge in [0.05, 0.1) is 13.7 Å². The van der Waals surface area contributed by atoms with Gasteiger partial charge in [-0.05, 0) is 13.0 Å². The second-order valence-corrected chi connectivity index (χ2v) is 3.85. The van der Waals surface area contributed by atoms with Gasteiger partial charge in [-0.1, -0.05) is 0 Å². The number of aromatic nitrogens is 2. The predicted octanol–water partition coefficient (Wildman–Crippen LogP) is 1.75. The van der Waals surface area contributed by atoms with Crippen molar-refractivity contribution in [2.45, 2.75) is 6.92 Å². The summed E-state index contributed by atoms with van der Waals surface area (Å²) in [5.41, 5.74) is 0.153. The first-order chi connectivity index (χ1) is 9.65. The summed E-state index contributed by atoms with van der Waals surface area (Å²) in [6.45, 7) is 2.22. The van der Waals surface area contributed by atoms with Crippen molar-refractivity contribution in [3.05, 3.63) is 30.3 Å². The number of hydrogen-bond donors (Lipinski definition) is 0. The first kappa shape index (κ1) is 13.9. The molecule has 1 amide bonds. The Bertz CT molecular complexity index is 597. The number of ether oxygens (including phenoxy) is 2. The van der Waals surface area contributed by atoms with Crippen LogP contribution in [-0.2, 0) is 0 Å². The van der Waals surface area contributed by atoms with Gasteiger partial charge < -0.3 is 13.9 Å². The summed E-state index contributed by atoms with van der Waals surface area (Å²) in [5.74, 6) is 0.723. The summed E-state index contributed by atoms with van der Waals surface area (Å²) in [7, 11) is 3.14. The topological polar surface area (TPSA) is 77.7 Å². The van der Waals surface area contributed by atoms with Gasteiger partial charge in [-0.2, -0.15) is 4.98 Å². The fraction of sp³-hybridized carbons (Fsp3) is 0.308. The van der Waals surface area contributed by atoms with E-state index in [9.17, 15) is 4.79 Å². The molecular formula is C13H15N3O4. The number of rotatable bonds is 5. The van der Waals surface area contributed by atoms with Crippen LogP contribution in [0.15, 0.2) is 29.0 Å². The third-order valence-electron chi connectivity index (χ3n) is 2.57. The van der Waals surface area contributed by atoms with Crippen molar-refractivity contribution in [3.8, 4) is 11.8 Å². The average Bonchev–Trinajstić information content (AvgIpc) is 2.95. The molecule has 7 nitrogen and oxygen atoms in total. The number of oxazole rings is 1. The fourth-order valence-corrected chi connectivity index (χ4v) is 1.53. The number of nitrogens with zero attached hydrogens (tertiary/aromatic N) is 3. The molecular weight excluding hydrogens is 262 g/mol. The van der Waals surface area contributed by atoms with Gasteiger partial charge in [-0.3, -0.25) is 9.69 Å². The van der Waals surface area contributed by atoms with Gasteiger partial charge in [-0.25, -0.2) is 4.98 Å². The molecule has 2 aromatic heterocycles. The molecule has 20 heavy (non-hydrogen) atoms. The summed E-state index contributed by atoms with van der Waals surface area (Å²) in [4.78, 5) is 21.6. The van der Waals surface area contributed by atoms with Crippen molar-refractivity contribution in [3.63, 3.8) is 0 Å². The molecule has 0 radical (unpaired) electrons. The standard InChI is InChI=1S/C13H15N3O4/c1-4-19-13-15-10(8-20-13)12(17)16(2)11-7-9(18-3)5-6-14-11/h5-8H,4H2,1-3H3. The SMILES string of the molecule is CCOc1nc(C(=O)N(C)c2cc(OC)ccn2)co1. The Balaban J connectivity index is 2.18. The molecule has 0 saturated heterocycles. The van der Waals surface area contributed by atoms with Gasteiger partial charge in [0.2, 0.25) is 0 Å². The molecule has 0 bridgehead atoms. The van der Waals surface area contributed by atoms with E-state index in [0.29, 0.717) is 18.2 Å². The van der Waals surface area contributed by atoms with E-state index in [-0.39, 0.29) is 17.7 Å². The fourth-order valence-electron chi connectivity index (χ4n) is 1.53. The lowest BCUT2D eigenvalue weighted by Gasteiger charge is -2.14. The summed E-state index contributed by atoms with van der Waals surface area (Å²) >= 11 is 0. The molecule has 2 aromatic rings. The zero-order chi connectivity index (χ0) is 14.5. The lowest BCUT2D eigenvalue weighted by atomic mass is 10.3. The van der Waals surface area contributed by atoms with Crippen molar-refractivity contribution in [2.24, 2.45) is 0 Å². The Hall–Kier alpha value is -2.57. The van der Waals surface area contributed by atoms with Crippen LogP contribution in [0.1, 0.15) is 17.4 Å². The summed E-state index contributed by atoms with van der Waals surface area (Å²) < 4.78 is 15.2. The zero-order valence-electron chi connectivity index (χ0n) is 11.5. The highest BCUT2D eigenvalue weighted by Crippen LogP contribution is 2.19. The molecule has 0 fully saturated rings. The predicted molar refractivity (Wildman–Crippen MR) is 71.2 cm³/mol. The highest BCUT2D eigenvalue weighted by atomic mass is 16.6. The third kappa shape index (κ3) is 2.87. The molecule has 0 atom stereocenters. The van der Waals surface area contributed by atoms with Crippen molar-refractivity contribution < 1.29 is 18.7 Å². The van der Waals surface area contributed by atoms with Crippen LogP contribution in [0.2, 0.25) is 0 Å². The normalized spacial score (nSPS) is 10.2. The largest absolute Gasteiger partial charge is 0.497 e. The average molecular weight is 277 g/mol. The van der Waals surface area contributed by atoms with Crippen molar-refractivity contribution in [1.82, 2.24) is 9.97 Å². The number of hydrogen-bond acceptors (Lipinski definition) is 6. The smallest absolute Gasteiger partial charge is 0.394 e. The Labute approximate surface area is 116 Å². The zero-order valence-corrected chi connectivity index (χ0v) is 11.5. The van der Waals surface area contributed by atoms with Crippen LogP contribution >= 0.6 is 0 Å². The number of anilines is 1. The quantitative estimate of drug-likeness (QED) is 0.828. The Morgan fingerprint density at radius 1 is 1.50 bits per heavy atom. The van der Waals surface area contributed by atoms with E-state index in [1.54, 1.807) is 39.4 Å². The van der Waals surface area contributed by atoms with Gasteiger partial charge in [0.1, 0.15) is 17.8 Å². The Morgan fingerprint density at radius 3 is 3.00 bits per heavy atom. The molecule has 0 aromatic carbocycles. The van der Waals surface area contributed by atoms with E-state index in [2.05, 4.69) is 9.97 Å². The van der Waals surface area contributed by atoms with Gasteiger partial charge in [-0.15, -0.1) is 0 Å². The van der Waals surface area contributed by atoms with Crippen molar-refractivity contribution in [2.75, 3.05) is 25.7 Å². The van der Waals surface area contributed by atoms with Crippen LogP contribution < -0.4 is 14.4 Å². The maximum atomic E-state index is 12.2. The minimum absolute atomic E-state index is 0.0721. The third-order valence-corrected chi connectivity index (χ3v) is 2.57. The van der Waals surface area contributed by atoms with E-state index < -0.39 is 0 Å². The Kier molecular flexibility index (Phi) is 4.19. The van der Waals surface area contributed by atoms with E-state index in [1.807, 2.05) is 0 Å². The second kappa shape index (κ2) is 6.05. The number of carbonyl (C=O) groups excluding carboxylic acids is 1. The molecule has 0 aliphatic heterocycles. The number of carbonyl (C=O) groups is 1. The summed E-state index contributed by atoms with van der Waals surface area (Å²) in [5, 5.41) is 0. The number of amides is 1. The first-order valence-corrected chi connectivity index (χ1v) is 6.02. The molecule has 0 saturated carbocycles. The molecule has 2 heterocycles. The van der Waals surface area contributed by atoms with Crippen LogP contribution in [0.4, 0.5) is 5.82 Å². The van der Waals surface area contributed by atoms with Crippen LogP contribution in [0.5, 0.6) is 11.8 Å². The first-order valence-electron chi connectivity index (χ1n) is 6.02. The molecule has 0 aliphatic carbocycles.